The smallest absolute Gasteiger partial charge is 0.341 e. The number of amides is 1. The fourth-order valence-electron chi connectivity index (χ4n) is 3.36. The van der Waals surface area contributed by atoms with Gasteiger partial charge >= 0.3 is 5.97 Å². The predicted octanol–water partition coefficient (Wildman–Crippen LogP) is 4.47. The van der Waals surface area contributed by atoms with E-state index in [4.69, 9.17) is 14.2 Å². The summed E-state index contributed by atoms with van der Waals surface area (Å²) in [4.78, 5) is 26.2. The van der Waals surface area contributed by atoms with Gasteiger partial charge in [-0.3, -0.25) is 4.79 Å². The Bertz CT molecular complexity index is 932. The Kier molecular flexibility index (Phi) is 6.93. The summed E-state index contributed by atoms with van der Waals surface area (Å²) >= 11 is 1.47. The normalized spacial score (nSPS) is 13.1. The maximum absolute atomic E-state index is 12.6. The van der Waals surface area contributed by atoms with E-state index < -0.39 is 0 Å². The highest BCUT2D eigenvalue weighted by Crippen LogP contribution is 2.38. The molecule has 1 aromatic carbocycles. The van der Waals surface area contributed by atoms with Gasteiger partial charge < -0.3 is 19.5 Å². The molecule has 2 aromatic rings. The van der Waals surface area contributed by atoms with Crippen LogP contribution in [-0.2, 0) is 22.4 Å². The standard InChI is InChI=1S/C22H25NO5S/c1-4-28-22(25)20-16-7-5-6-8-18(16)29-21(20)23-19(24)12-9-14-13-15(26-2)10-11-17(14)27-3/h9-13H,4-8H2,1-3H3,(H,23,24). The molecule has 1 aliphatic carbocycles. The average molecular weight is 416 g/mol. The molecule has 29 heavy (non-hydrogen) atoms. The molecule has 0 saturated heterocycles. The van der Waals surface area contributed by atoms with Crippen LogP contribution in [0.15, 0.2) is 24.3 Å². The summed E-state index contributed by atoms with van der Waals surface area (Å²) in [5.41, 5.74) is 2.25. The number of thiophene rings is 1. The van der Waals surface area contributed by atoms with Crippen LogP contribution in [0.4, 0.5) is 5.00 Å². The molecule has 1 amide bonds. The fraction of sp³-hybridized carbons (Fsp3) is 0.364. The fourth-order valence-corrected chi connectivity index (χ4v) is 4.64. The molecule has 0 unspecified atom stereocenters. The highest BCUT2D eigenvalue weighted by Gasteiger charge is 2.26. The number of benzene rings is 1. The van der Waals surface area contributed by atoms with Gasteiger partial charge in [-0.15, -0.1) is 11.3 Å². The minimum absolute atomic E-state index is 0.298. The van der Waals surface area contributed by atoms with Crippen LogP contribution in [-0.4, -0.2) is 32.7 Å². The summed E-state index contributed by atoms with van der Waals surface area (Å²) in [7, 11) is 3.15. The topological polar surface area (TPSA) is 73.9 Å². The first-order valence-electron chi connectivity index (χ1n) is 9.60. The van der Waals surface area contributed by atoms with Gasteiger partial charge in [-0.1, -0.05) is 0 Å². The van der Waals surface area contributed by atoms with Crippen LogP contribution in [0.25, 0.3) is 6.08 Å². The zero-order chi connectivity index (χ0) is 20.8. The minimum atomic E-state index is -0.374. The first-order chi connectivity index (χ1) is 14.1. The third kappa shape index (κ3) is 4.79. The van der Waals surface area contributed by atoms with Crippen molar-refractivity contribution >= 4 is 34.3 Å². The number of rotatable bonds is 7. The van der Waals surface area contributed by atoms with Crippen molar-refractivity contribution in [3.05, 3.63) is 45.8 Å². The number of carbonyl (C=O) groups is 2. The van der Waals surface area contributed by atoms with Gasteiger partial charge in [-0.25, -0.2) is 4.79 Å². The third-order valence-electron chi connectivity index (χ3n) is 4.74. The van der Waals surface area contributed by atoms with Crippen LogP contribution in [0.3, 0.4) is 0 Å². The average Bonchev–Trinajstić information content (AvgIpc) is 3.09. The molecule has 0 spiro atoms. The maximum Gasteiger partial charge on any atom is 0.341 e. The van der Waals surface area contributed by atoms with E-state index in [1.165, 1.54) is 17.4 Å². The van der Waals surface area contributed by atoms with Crippen LogP contribution in [0, 0.1) is 0 Å². The lowest BCUT2D eigenvalue weighted by molar-refractivity contribution is -0.111. The molecule has 0 atom stereocenters. The predicted molar refractivity (Wildman–Crippen MR) is 114 cm³/mol. The largest absolute Gasteiger partial charge is 0.497 e. The molecule has 1 heterocycles. The van der Waals surface area contributed by atoms with Gasteiger partial charge in [0.15, 0.2) is 0 Å². The lowest BCUT2D eigenvalue weighted by Gasteiger charge is -2.12. The molecule has 0 radical (unpaired) electrons. The van der Waals surface area contributed by atoms with Crippen LogP contribution in [0.1, 0.15) is 46.1 Å². The van der Waals surface area contributed by atoms with E-state index in [0.29, 0.717) is 28.7 Å². The number of ether oxygens (including phenoxy) is 3. The summed E-state index contributed by atoms with van der Waals surface area (Å²) in [5, 5.41) is 3.42. The monoisotopic (exact) mass is 415 g/mol. The highest BCUT2D eigenvalue weighted by molar-refractivity contribution is 7.17. The van der Waals surface area contributed by atoms with Crippen LogP contribution < -0.4 is 14.8 Å². The van der Waals surface area contributed by atoms with Crippen molar-refractivity contribution in [2.75, 3.05) is 26.1 Å². The Hall–Kier alpha value is -2.80. The molecule has 1 aliphatic rings. The van der Waals surface area contributed by atoms with Crippen molar-refractivity contribution in [3.8, 4) is 11.5 Å². The summed E-state index contributed by atoms with van der Waals surface area (Å²) in [5.74, 6) is 0.606. The molecule has 0 saturated carbocycles. The van der Waals surface area contributed by atoms with Crippen LogP contribution in [0.5, 0.6) is 11.5 Å². The number of methoxy groups -OCH3 is 2. The zero-order valence-corrected chi connectivity index (χ0v) is 17.7. The third-order valence-corrected chi connectivity index (χ3v) is 5.95. The van der Waals surface area contributed by atoms with Crippen molar-refractivity contribution in [1.29, 1.82) is 0 Å². The number of hydrogen-bond donors (Lipinski definition) is 1. The van der Waals surface area contributed by atoms with E-state index >= 15 is 0 Å². The molecule has 154 valence electrons. The highest BCUT2D eigenvalue weighted by atomic mass is 32.1. The van der Waals surface area contributed by atoms with Crippen LogP contribution in [0.2, 0.25) is 0 Å². The number of nitrogens with one attached hydrogen (secondary N) is 1. The lowest BCUT2D eigenvalue weighted by atomic mass is 9.95. The Morgan fingerprint density at radius 1 is 1.17 bits per heavy atom. The Morgan fingerprint density at radius 2 is 1.97 bits per heavy atom. The first-order valence-corrected chi connectivity index (χ1v) is 10.4. The molecule has 3 rings (SSSR count). The van der Waals surface area contributed by atoms with Gasteiger partial charge in [-0.2, -0.15) is 0 Å². The van der Waals surface area contributed by atoms with Crippen LogP contribution >= 0.6 is 11.3 Å². The first kappa shape index (κ1) is 20.9. The Labute approximate surface area is 174 Å². The van der Waals surface area contributed by atoms with E-state index in [-0.39, 0.29) is 11.9 Å². The summed E-state index contributed by atoms with van der Waals surface area (Å²) in [6.45, 7) is 2.08. The quantitative estimate of drug-likeness (QED) is 0.533. The number of hydrogen-bond acceptors (Lipinski definition) is 6. The van der Waals surface area contributed by atoms with Gasteiger partial charge in [0.05, 0.1) is 26.4 Å². The lowest BCUT2D eigenvalue weighted by Crippen LogP contribution is -2.14. The van der Waals surface area contributed by atoms with Gasteiger partial charge in [0, 0.05) is 16.5 Å². The molecular weight excluding hydrogens is 390 g/mol. The van der Waals surface area contributed by atoms with E-state index in [0.717, 1.165) is 41.7 Å². The number of aryl methyl sites for hydroxylation is 1. The van der Waals surface area contributed by atoms with Crippen molar-refractivity contribution in [3.63, 3.8) is 0 Å². The number of carbonyl (C=O) groups excluding carboxylic acids is 2. The summed E-state index contributed by atoms with van der Waals surface area (Å²) in [6.07, 6.45) is 6.99. The summed E-state index contributed by atoms with van der Waals surface area (Å²) < 4.78 is 15.8. The van der Waals surface area contributed by atoms with Gasteiger partial charge in [0.1, 0.15) is 16.5 Å². The molecule has 0 aliphatic heterocycles. The van der Waals surface area contributed by atoms with E-state index in [1.54, 1.807) is 45.4 Å². The number of fused-ring (bicyclic) bond motifs is 1. The van der Waals surface area contributed by atoms with Crippen molar-refractivity contribution in [2.24, 2.45) is 0 Å². The van der Waals surface area contributed by atoms with Crippen molar-refractivity contribution in [2.45, 2.75) is 32.6 Å². The Balaban J connectivity index is 1.83. The van der Waals surface area contributed by atoms with Gasteiger partial charge in [-0.05, 0) is 62.4 Å². The van der Waals surface area contributed by atoms with Gasteiger partial charge in [0.25, 0.3) is 0 Å². The molecule has 1 aromatic heterocycles. The van der Waals surface area contributed by atoms with Gasteiger partial charge in [0.2, 0.25) is 5.91 Å². The second kappa shape index (κ2) is 9.60. The molecule has 1 N–H and O–H groups in total. The number of anilines is 1. The summed E-state index contributed by atoms with van der Waals surface area (Å²) in [6, 6.07) is 5.36. The maximum atomic E-state index is 12.6. The molecule has 6 nitrogen and oxygen atoms in total. The molecular formula is C22H25NO5S. The Morgan fingerprint density at radius 3 is 2.69 bits per heavy atom. The SMILES string of the molecule is CCOC(=O)c1c(NC(=O)C=Cc2cc(OC)ccc2OC)sc2c1CCCC2. The van der Waals surface area contributed by atoms with Crippen molar-refractivity contribution < 1.29 is 23.8 Å². The zero-order valence-electron chi connectivity index (χ0n) is 16.9. The van der Waals surface area contributed by atoms with E-state index in [9.17, 15) is 9.59 Å². The van der Waals surface area contributed by atoms with Crippen molar-refractivity contribution in [1.82, 2.24) is 0 Å². The minimum Gasteiger partial charge on any atom is -0.497 e. The molecule has 0 bridgehead atoms. The molecule has 7 heteroatoms. The van der Waals surface area contributed by atoms with E-state index in [2.05, 4.69) is 5.32 Å². The second-order valence-electron chi connectivity index (χ2n) is 6.57. The molecule has 0 fully saturated rings. The second-order valence-corrected chi connectivity index (χ2v) is 7.67. The van der Waals surface area contributed by atoms with E-state index in [1.807, 2.05) is 0 Å². The number of esters is 1.